The molecule has 0 radical (unpaired) electrons. The molecular formula is C28H37N7O2. The van der Waals surface area contributed by atoms with Gasteiger partial charge < -0.3 is 29.6 Å². The Hall–Kier alpha value is -3.33. The van der Waals surface area contributed by atoms with E-state index in [2.05, 4.69) is 46.3 Å². The number of rotatable bonds is 5. The molecule has 9 nitrogen and oxygen atoms in total. The fourth-order valence-corrected chi connectivity index (χ4v) is 6.22. The molecule has 1 atom stereocenters. The summed E-state index contributed by atoms with van der Waals surface area (Å²) >= 11 is 0. The molecule has 4 aliphatic rings. The second-order valence-electron chi connectivity index (χ2n) is 11.0. The molecule has 9 heteroatoms. The number of carbonyl (C=O) groups is 1. The van der Waals surface area contributed by atoms with Crippen molar-refractivity contribution in [3.8, 4) is 5.75 Å². The predicted octanol–water partition coefficient (Wildman–Crippen LogP) is 1.69. The molecule has 1 aliphatic carbocycles. The zero-order valence-corrected chi connectivity index (χ0v) is 21.9. The molecule has 196 valence electrons. The van der Waals surface area contributed by atoms with Crippen molar-refractivity contribution in [3.63, 3.8) is 0 Å². The lowest BCUT2D eigenvalue weighted by atomic mass is 9.90. The summed E-state index contributed by atoms with van der Waals surface area (Å²) in [6, 6.07) is 6.65. The van der Waals surface area contributed by atoms with Gasteiger partial charge in [0.15, 0.2) is 0 Å². The highest BCUT2D eigenvalue weighted by molar-refractivity contribution is 5.87. The van der Waals surface area contributed by atoms with Crippen molar-refractivity contribution in [1.29, 1.82) is 0 Å². The molecule has 6 rings (SSSR count). The molecule has 4 heterocycles. The fraction of sp³-hybridized carbons (Fsp3) is 0.536. The molecule has 1 aromatic heterocycles. The summed E-state index contributed by atoms with van der Waals surface area (Å²) in [6.07, 6.45) is 5.28. The maximum atomic E-state index is 12.1. The molecule has 1 amide bonds. The molecule has 3 aliphatic heterocycles. The number of aromatic nitrogens is 2. The molecule has 2 aromatic rings. The summed E-state index contributed by atoms with van der Waals surface area (Å²) in [4.78, 5) is 33.7. The number of nitrogens with zero attached hydrogens (tertiary/aromatic N) is 7. The SMILES string of the molecule is C=CC(=O)N1CCN(c2nc(N3CC(N(C)C)C3)nc3c2CCC(N2CCc4ccc(O)cc42)C3)CC1. The van der Waals surface area contributed by atoms with Crippen LogP contribution >= 0.6 is 0 Å². The number of benzene rings is 1. The van der Waals surface area contributed by atoms with Gasteiger partial charge in [-0.1, -0.05) is 12.6 Å². The van der Waals surface area contributed by atoms with Crippen molar-refractivity contribution in [3.05, 3.63) is 47.7 Å². The van der Waals surface area contributed by atoms with Gasteiger partial charge in [0.2, 0.25) is 11.9 Å². The topological polar surface area (TPSA) is 79.3 Å². The van der Waals surface area contributed by atoms with Gasteiger partial charge in [0, 0.05) is 81.6 Å². The smallest absolute Gasteiger partial charge is 0.246 e. The lowest BCUT2D eigenvalue weighted by molar-refractivity contribution is -0.126. The van der Waals surface area contributed by atoms with Crippen molar-refractivity contribution < 1.29 is 9.90 Å². The number of hydrogen-bond acceptors (Lipinski definition) is 8. The van der Waals surface area contributed by atoms with E-state index in [1.165, 1.54) is 22.9 Å². The van der Waals surface area contributed by atoms with Crippen LogP contribution in [0.1, 0.15) is 23.2 Å². The van der Waals surface area contributed by atoms with Crippen LogP contribution in [0.15, 0.2) is 30.9 Å². The van der Waals surface area contributed by atoms with E-state index in [0.717, 1.165) is 75.9 Å². The monoisotopic (exact) mass is 503 g/mol. The van der Waals surface area contributed by atoms with Crippen LogP contribution in [0.2, 0.25) is 0 Å². The zero-order chi connectivity index (χ0) is 25.7. The van der Waals surface area contributed by atoms with Gasteiger partial charge in [-0.05, 0) is 51.1 Å². The van der Waals surface area contributed by atoms with Gasteiger partial charge in [0.1, 0.15) is 11.6 Å². The first-order valence-electron chi connectivity index (χ1n) is 13.5. The molecule has 1 N–H and O–H groups in total. The van der Waals surface area contributed by atoms with Crippen LogP contribution in [0.4, 0.5) is 17.5 Å². The highest BCUT2D eigenvalue weighted by atomic mass is 16.3. The van der Waals surface area contributed by atoms with Crippen LogP contribution in [-0.4, -0.2) is 103 Å². The van der Waals surface area contributed by atoms with Gasteiger partial charge in [-0.25, -0.2) is 4.98 Å². The van der Waals surface area contributed by atoms with Gasteiger partial charge in [-0.2, -0.15) is 4.98 Å². The lowest BCUT2D eigenvalue weighted by Crippen LogP contribution is -2.58. The number of carbonyl (C=O) groups excluding carboxylic acids is 1. The van der Waals surface area contributed by atoms with Crippen LogP contribution in [0.5, 0.6) is 5.75 Å². The number of anilines is 3. The second kappa shape index (κ2) is 9.52. The van der Waals surface area contributed by atoms with E-state index in [-0.39, 0.29) is 5.91 Å². The Morgan fingerprint density at radius 2 is 1.86 bits per heavy atom. The van der Waals surface area contributed by atoms with Gasteiger partial charge in [-0.15, -0.1) is 0 Å². The standard InChI is InChI=1S/C28H37N7O2/c1-4-26(37)32-11-13-33(14-12-32)27-23-8-6-20(35-10-9-19-5-7-22(36)16-25(19)35)15-24(23)29-28(30-27)34-17-21(18-34)31(2)3/h4-5,7,16,20-21,36H,1,6,8-15,17-18H2,2-3H3. The minimum absolute atomic E-state index is 0.000125. The molecule has 2 saturated heterocycles. The summed E-state index contributed by atoms with van der Waals surface area (Å²) < 4.78 is 0. The number of phenols is 1. The number of piperazine rings is 1. The van der Waals surface area contributed by atoms with E-state index >= 15 is 0 Å². The van der Waals surface area contributed by atoms with Gasteiger partial charge in [-0.3, -0.25) is 4.79 Å². The Morgan fingerprint density at radius 3 is 2.59 bits per heavy atom. The van der Waals surface area contributed by atoms with Crippen molar-refractivity contribution in [2.45, 2.75) is 37.8 Å². The van der Waals surface area contributed by atoms with E-state index < -0.39 is 0 Å². The maximum absolute atomic E-state index is 12.1. The Bertz CT molecular complexity index is 1200. The van der Waals surface area contributed by atoms with Crippen molar-refractivity contribution in [1.82, 2.24) is 19.8 Å². The normalized spacial score (nSPS) is 21.6. The van der Waals surface area contributed by atoms with E-state index in [0.29, 0.717) is 30.9 Å². The quantitative estimate of drug-likeness (QED) is 0.618. The zero-order valence-electron chi connectivity index (χ0n) is 21.9. The first kappa shape index (κ1) is 24.0. The predicted molar refractivity (Wildman–Crippen MR) is 146 cm³/mol. The third-order valence-corrected chi connectivity index (χ3v) is 8.60. The number of amides is 1. The Labute approximate surface area is 219 Å². The van der Waals surface area contributed by atoms with E-state index in [1.807, 2.05) is 11.0 Å². The molecule has 0 saturated carbocycles. The number of fused-ring (bicyclic) bond motifs is 2. The highest BCUT2D eigenvalue weighted by Crippen LogP contribution is 2.38. The average molecular weight is 504 g/mol. The number of hydrogen-bond donors (Lipinski definition) is 1. The molecule has 1 aromatic carbocycles. The van der Waals surface area contributed by atoms with Crippen LogP contribution < -0.4 is 14.7 Å². The van der Waals surface area contributed by atoms with Crippen LogP contribution in [0.3, 0.4) is 0 Å². The van der Waals surface area contributed by atoms with Gasteiger partial charge in [0.25, 0.3) is 0 Å². The first-order valence-corrected chi connectivity index (χ1v) is 13.5. The summed E-state index contributed by atoms with van der Waals surface area (Å²) in [5, 5.41) is 10.1. The summed E-state index contributed by atoms with van der Waals surface area (Å²) in [5.41, 5.74) is 4.91. The number of likely N-dealkylation sites (N-methyl/N-ethyl adjacent to an activating group) is 1. The van der Waals surface area contributed by atoms with Crippen LogP contribution in [0.25, 0.3) is 0 Å². The first-order chi connectivity index (χ1) is 17.9. The average Bonchev–Trinajstić information content (AvgIpc) is 3.29. The Morgan fingerprint density at radius 1 is 1.08 bits per heavy atom. The second-order valence-corrected chi connectivity index (χ2v) is 11.0. The molecule has 0 bridgehead atoms. The molecule has 1 unspecified atom stereocenters. The van der Waals surface area contributed by atoms with Gasteiger partial charge >= 0.3 is 0 Å². The van der Waals surface area contributed by atoms with E-state index in [9.17, 15) is 9.90 Å². The third kappa shape index (κ3) is 4.39. The van der Waals surface area contributed by atoms with Gasteiger partial charge in [0.05, 0.1) is 5.69 Å². The largest absolute Gasteiger partial charge is 0.508 e. The van der Waals surface area contributed by atoms with E-state index in [1.54, 1.807) is 6.07 Å². The van der Waals surface area contributed by atoms with Crippen molar-refractivity contribution in [2.24, 2.45) is 0 Å². The summed E-state index contributed by atoms with van der Waals surface area (Å²) in [6.45, 7) is 9.41. The third-order valence-electron chi connectivity index (χ3n) is 8.60. The highest BCUT2D eigenvalue weighted by Gasteiger charge is 2.36. The Balaban J connectivity index is 1.28. The number of aromatic hydroxyl groups is 1. The summed E-state index contributed by atoms with van der Waals surface area (Å²) in [5.74, 6) is 2.21. The fourth-order valence-electron chi connectivity index (χ4n) is 6.22. The van der Waals surface area contributed by atoms with Crippen molar-refractivity contribution >= 4 is 23.4 Å². The minimum Gasteiger partial charge on any atom is -0.508 e. The van der Waals surface area contributed by atoms with E-state index in [4.69, 9.17) is 9.97 Å². The Kier molecular flexibility index (Phi) is 6.18. The number of phenolic OH excluding ortho intramolecular Hbond substituents is 1. The molecule has 0 spiro atoms. The van der Waals surface area contributed by atoms with Crippen LogP contribution in [-0.2, 0) is 24.1 Å². The summed E-state index contributed by atoms with van der Waals surface area (Å²) in [7, 11) is 4.25. The molecule has 2 fully saturated rings. The lowest BCUT2D eigenvalue weighted by Gasteiger charge is -2.44. The maximum Gasteiger partial charge on any atom is 0.246 e. The van der Waals surface area contributed by atoms with Crippen LogP contribution in [0, 0.1) is 0 Å². The van der Waals surface area contributed by atoms with Crippen molar-refractivity contribution in [2.75, 3.05) is 74.6 Å². The molecular weight excluding hydrogens is 466 g/mol. The minimum atomic E-state index is 0.000125. The molecule has 37 heavy (non-hydrogen) atoms.